The molecule has 28 heavy (non-hydrogen) atoms. The largest absolute Gasteiger partial charge is 0.368 e. The third-order valence-corrected chi connectivity index (χ3v) is 4.46. The van der Waals surface area contributed by atoms with Crippen molar-refractivity contribution in [3.8, 4) is 0 Å². The lowest BCUT2D eigenvalue weighted by Gasteiger charge is -2.22. The fourth-order valence-corrected chi connectivity index (χ4v) is 2.90. The van der Waals surface area contributed by atoms with Crippen molar-refractivity contribution < 1.29 is 18.8 Å². The Morgan fingerprint density at radius 3 is 2.21 bits per heavy atom. The Kier molecular flexibility index (Phi) is 7.52. The van der Waals surface area contributed by atoms with E-state index in [-0.39, 0.29) is 12.8 Å². The summed E-state index contributed by atoms with van der Waals surface area (Å²) in [6.45, 7) is 1.28. The van der Waals surface area contributed by atoms with Gasteiger partial charge in [0.1, 0.15) is 17.9 Å². The van der Waals surface area contributed by atoms with Gasteiger partial charge in [-0.15, -0.1) is 0 Å². The highest BCUT2D eigenvalue weighted by Gasteiger charge is 2.26. The molecule has 2 aromatic rings. The first-order valence-electron chi connectivity index (χ1n) is 8.61. The van der Waals surface area contributed by atoms with Crippen LogP contribution in [0.3, 0.4) is 0 Å². The van der Waals surface area contributed by atoms with Crippen LogP contribution >= 0.6 is 11.6 Å². The predicted octanol–water partition coefficient (Wildman–Crippen LogP) is 1.74. The van der Waals surface area contributed by atoms with Crippen LogP contribution in [0, 0.1) is 5.82 Å². The van der Waals surface area contributed by atoms with Gasteiger partial charge in [0.05, 0.1) is 0 Å². The summed E-state index contributed by atoms with van der Waals surface area (Å²) in [6, 6.07) is 10.5. The van der Waals surface area contributed by atoms with Crippen LogP contribution in [-0.4, -0.2) is 29.8 Å². The molecule has 0 aliphatic rings. The molecule has 6 nitrogen and oxygen atoms in total. The summed E-state index contributed by atoms with van der Waals surface area (Å²) in [4.78, 5) is 36.0. The van der Waals surface area contributed by atoms with Gasteiger partial charge in [-0.2, -0.15) is 0 Å². The molecule has 0 saturated carbocycles. The average Bonchev–Trinajstić information content (AvgIpc) is 2.63. The highest BCUT2D eigenvalue weighted by Crippen LogP contribution is 2.17. The minimum atomic E-state index is -1.00. The molecule has 0 fully saturated rings. The van der Waals surface area contributed by atoms with Crippen LogP contribution in [0.25, 0.3) is 0 Å². The molecule has 0 unspecified atom stereocenters. The van der Waals surface area contributed by atoms with Crippen LogP contribution in [0.1, 0.15) is 18.1 Å². The number of primary amides is 1. The van der Waals surface area contributed by atoms with Crippen molar-refractivity contribution in [1.82, 2.24) is 10.6 Å². The maximum Gasteiger partial charge on any atom is 0.243 e. The monoisotopic (exact) mass is 405 g/mol. The predicted molar refractivity (Wildman–Crippen MR) is 104 cm³/mol. The number of carbonyl (C=O) groups excluding carboxylic acids is 3. The topological polar surface area (TPSA) is 101 Å². The third kappa shape index (κ3) is 6.35. The van der Waals surface area contributed by atoms with Crippen molar-refractivity contribution in [1.29, 1.82) is 0 Å². The lowest BCUT2D eigenvalue weighted by Crippen LogP contribution is -2.54. The maximum absolute atomic E-state index is 13.1. The molecule has 3 amide bonds. The van der Waals surface area contributed by atoms with Gasteiger partial charge in [-0.1, -0.05) is 41.9 Å². The van der Waals surface area contributed by atoms with E-state index in [2.05, 4.69) is 10.6 Å². The molecule has 0 radical (unpaired) electrons. The van der Waals surface area contributed by atoms with E-state index < -0.39 is 35.6 Å². The number of nitrogens with two attached hydrogens (primary N) is 1. The van der Waals surface area contributed by atoms with E-state index in [1.54, 1.807) is 24.3 Å². The van der Waals surface area contributed by atoms with E-state index in [0.717, 1.165) is 0 Å². The van der Waals surface area contributed by atoms with E-state index in [1.165, 1.54) is 31.2 Å². The standard InChI is InChI=1S/C20H21ClFN3O3/c1-12(26)24-18(10-13-6-8-15(22)9-7-13)20(28)25-17(19(23)27)11-14-4-2-3-5-16(14)21/h2-9,17-18H,10-11H2,1H3,(H2,23,27)(H,24,26)(H,25,28)/t17-,18-/m1/s1. The number of amides is 3. The molecular formula is C20H21ClFN3O3. The minimum Gasteiger partial charge on any atom is -0.368 e. The molecule has 4 N–H and O–H groups in total. The van der Waals surface area contributed by atoms with E-state index in [4.69, 9.17) is 17.3 Å². The van der Waals surface area contributed by atoms with Crippen molar-refractivity contribution in [2.75, 3.05) is 0 Å². The Balaban J connectivity index is 2.14. The molecular weight excluding hydrogens is 385 g/mol. The molecule has 0 aliphatic heterocycles. The van der Waals surface area contributed by atoms with E-state index in [9.17, 15) is 18.8 Å². The molecule has 0 heterocycles. The summed E-state index contributed by atoms with van der Waals surface area (Å²) in [5.74, 6) is -2.12. The highest BCUT2D eigenvalue weighted by molar-refractivity contribution is 6.31. The molecule has 0 saturated heterocycles. The molecule has 0 spiro atoms. The summed E-state index contributed by atoms with van der Waals surface area (Å²) < 4.78 is 13.1. The van der Waals surface area contributed by atoms with Gasteiger partial charge in [-0.05, 0) is 29.3 Å². The van der Waals surface area contributed by atoms with E-state index in [0.29, 0.717) is 16.1 Å². The van der Waals surface area contributed by atoms with Gasteiger partial charge in [-0.3, -0.25) is 14.4 Å². The highest BCUT2D eigenvalue weighted by atomic mass is 35.5. The molecule has 2 aromatic carbocycles. The molecule has 0 aromatic heterocycles. The minimum absolute atomic E-state index is 0.115. The Morgan fingerprint density at radius 2 is 1.64 bits per heavy atom. The van der Waals surface area contributed by atoms with Crippen molar-refractivity contribution in [2.24, 2.45) is 5.73 Å². The van der Waals surface area contributed by atoms with Crippen LogP contribution in [0.2, 0.25) is 5.02 Å². The van der Waals surface area contributed by atoms with Gasteiger partial charge in [0.15, 0.2) is 0 Å². The number of hydrogen-bond donors (Lipinski definition) is 3. The zero-order chi connectivity index (χ0) is 20.7. The Labute approximate surface area is 167 Å². The number of carbonyl (C=O) groups is 3. The van der Waals surface area contributed by atoms with Crippen molar-refractivity contribution in [3.05, 3.63) is 70.5 Å². The molecule has 0 aliphatic carbocycles. The Bertz CT molecular complexity index is 858. The van der Waals surface area contributed by atoms with Crippen LogP contribution in [0.5, 0.6) is 0 Å². The van der Waals surface area contributed by atoms with Crippen LogP contribution < -0.4 is 16.4 Å². The summed E-state index contributed by atoms with van der Waals surface area (Å²) in [7, 11) is 0. The quantitative estimate of drug-likeness (QED) is 0.623. The second-order valence-corrected chi connectivity index (χ2v) is 6.75. The first-order valence-corrected chi connectivity index (χ1v) is 8.98. The smallest absolute Gasteiger partial charge is 0.243 e. The van der Waals surface area contributed by atoms with Gasteiger partial charge < -0.3 is 16.4 Å². The van der Waals surface area contributed by atoms with Gasteiger partial charge in [0, 0.05) is 24.8 Å². The third-order valence-electron chi connectivity index (χ3n) is 4.09. The Morgan fingerprint density at radius 1 is 1.00 bits per heavy atom. The SMILES string of the molecule is CC(=O)N[C@H](Cc1ccc(F)cc1)C(=O)N[C@H](Cc1ccccc1Cl)C(N)=O. The zero-order valence-corrected chi connectivity index (χ0v) is 16.0. The molecule has 148 valence electrons. The molecule has 8 heteroatoms. The number of nitrogens with one attached hydrogen (secondary N) is 2. The molecule has 0 bridgehead atoms. The van der Waals surface area contributed by atoms with Gasteiger partial charge in [0.25, 0.3) is 0 Å². The van der Waals surface area contributed by atoms with Crippen molar-refractivity contribution in [3.63, 3.8) is 0 Å². The van der Waals surface area contributed by atoms with Gasteiger partial charge >= 0.3 is 0 Å². The summed E-state index contributed by atoms with van der Waals surface area (Å²) in [6.07, 6.45) is 0.243. The van der Waals surface area contributed by atoms with Crippen LogP contribution in [-0.2, 0) is 27.2 Å². The Hall–Kier alpha value is -2.93. The average molecular weight is 406 g/mol. The molecule has 2 atom stereocenters. The number of hydrogen-bond acceptors (Lipinski definition) is 3. The number of rotatable bonds is 8. The van der Waals surface area contributed by atoms with Crippen molar-refractivity contribution >= 4 is 29.3 Å². The number of halogens is 2. The summed E-state index contributed by atoms with van der Waals surface area (Å²) in [5, 5.41) is 5.56. The van der Waals surface area contributed by atoms with Gasteiger partial charge in [0.2, 0.25) is 17.7 Å². The fraction of sp³-hybridized carbons (Fsp3) is 0.250. The van der Waals surface area contributed by atoms with Crippen LogP contribution in [0.15, 0.2) is 48.5 Å². The number of benzene rings is 2. The second-order valence-electron chi connectivity index (χ2n) is 6.34. The lowest BCUT2D eigenvalue weighted by molar-refractivity contribution is -0.130. The van der Waals surface area contributed by atoms with E-state index in [1.807, 2.05) is 0 Å². The van der Waals surface area contributed by atoms with Crippen LogP contribution in [0.4, 0.5) is 4.39 Å². The van der Waals surface area contributed by atoms with E-state index >= 15 is 0 Å². The summed E-state index contributed by atoms with van der Waals surface area (Å²) in [5.41, 5.74) is 6.73. The molecule has 2 rings (SSSR count). The first kappa shape index (κ1) is 21.4. The first-order chi connectivity index (χ1) is 13.3. The zero-order valence-electron chi connectivity index (χ0n) is 15.2. The fourth-order valence-electron chi connectivity index (χ4n) is 2.69. The maximum atomic E-state index is 13.1. The van der Waals surface area contributed by atoms with Crippen molar-refractivity contribution in [2.45, 2.75) is 31.8 Å². The summed E-state index contributed by atoms with van der Waals surface area (Å²) >= 11 is 6.11. The lowest BCUT2D eigenvalue weighted by atomic mass is 10.0. The normalized spacial score (nSPS) is 12.7. The second kappa shape index (κ2) is 9.85. The van der Waals surface area contributed by atoms with Gasteiger partial charge in [-0.25, -0.2) is 4.39 Å².